The lowest BCUT2D eigenvalue weighted by atomic mass is 9.92. The molecule has 0 saturated carbocycles. The number of hydrogen-bond donors (Lipinski definition) is 0. The Morgan fingerprint density at radius 1 is 0.875 bits per heavy atom. The predicted octanol–water partition coefficient (Wildman–Crippen LogP) is 4.69. The van der Waals surface area contributed by atoms with Crippen LogP contribution in [0.25, 0.3) is 0 Å². The summed E-state index contributed by atoms with van der Waals surface area (Å²) in [4.78, 5) is 2.42. The highest BCUT2D eigenvalue weighted by molar-refractivity contribution is 5.05. The summed E-state index contributed by atoms with van der Waals surface area (Å²) in [5, 5.41) is 0. The molecule has 0 bridgehead atoms. The minimum Gasteiger partial charge on any atom is -0.375 e. The van der Waals surface area contributed by atoms with E-state index in [0.717, 1.165) is 0 Å². The summed E-state index contributed by atoms with van der Waals surface area (Å²) < 4.78 is 0. The zero-order chi connectivity index (χ0) is 13.0. The SMILES string of the molecule is C=C(N1CCCC1)C(C)(C)C.CC(C)(C)C. The molecule has 1 nitrogen and oxygen atoms in total. The average molecular weight is 225 g/mol. The van der Waals surface area contributed by atoms with Gasteiger partial charge in [-0.3, -0.25) is 0 Å². The van der Waals surface area contributed by atoms with Crippen molar-refractivity contribution in [3.8, 4) is 0 Å². The second kappa shape index (κ2) is 5.75. The van der Waals surface area contributed by atoms with E-state index in [-0.39, 0.29) is 5.41 Å². The Labute approximate surface area is 103 Å². The van der Waals surface area contributed by atoms with E-state index in [0.29, 0.717) is 5.41 Å². The summed E-state index contributed by atoms with van der Waals surface area (Å²) in [6.07, 6.45) is 2.68. The fourth-order valence-electron chi connectivity index (χ4n) is 1.46. The lowest BCUT2D eigenvalue weighted by Gasteiger charge is -2.30. The van der Waals surface area contributed by atoms with Gasteiger partial charge >= 0.3 is 0 Å². The van der Waals surface area contributed by atoms with E-state index in [9.17, 15) is 0 Å². The Morgan fingerprint density at radius 2 is 1.19 bits per heavy atom. The first-order valence-corrected chi connectivity index (χ1v) is 6.46. The molecular formula is C15H31N. The molecule has 0 unspecified atom stereocenters. The zero-order valence-corrected chi connectivity index (χ0v) is 12.5. The highest BCUT2D eigenvalue weighted by Crippen LogP contribution is 2.28. The average Bonchev–Trinajstić information content (AvgIpc) is 2.49. The standard InChI is InChI=1S/C10H19N.C5H12/c1-9(10(2,3)4)11-7-5-6-8-11;1-5(2,3)4/h1,5-8H2,2-4H3;1-4H3. The van der Waals surface area contributed by atoms with E-state index < -0.39 is 0 Å². The maximum Gasteiger partial charge on any atom is 0.0175 e. The quantitative estimate of drug-likeness (QED) is 0.625. The highest BCUT2D eigenvalue weighted by Gasteiger charge is 2.22. The molecule has 1 heterocycles. The number of allylic oxidation sites excluding steroid dienone is 1. The minimum atomic E-state index is 0.254. The van der Waals surface area contributed by atoms with Gasteiger partial charge in [-0.05, 0) is 18.3 Å². The van der Waals surface area contributed by atoms with Crippen molar-refractivity contribution in [2.45, 2.75) is 61.3 Å². The van der Waals surface area contributed by atoms with Gasteiger partial charge in [0.15, 0.2) is 0 Å². The number of nitrogens with zero attached hydrogens (tertiary/aromatic N) is 1. The summed E-state index contributed by atoms with van der Waals surface area (Å²) in [6.45, 7) is 22.0. The molecule has 1 saturated heterocycles. The minimum absolute atomic E-state index is 0.254. The summed E-state index contributed by atoms with van der Waals surface area (Å²) in [5.41, 5.74) is 2.06. The predicted molar refractivity (Wildman–Crippen MR) is 74.5 cm³/mol. The second-order valence-electron chi connectivity index (χ2n) is 7.39. The van der Waals surface area contributed by atoms with Crippen LogP contribution in [-0.4, -0.2) is 18.0 Å². The summed E-state index contributed by atoms with van der Waals surface area (Å²) in [5.74, 6) is 0. The molecule has 1 rings (SSSR count). The van der Waals surface area contributed by atoms with E-state index in [1.54, 1.807) is 0 Å². The van der Waals surface area contributed by atoms with Crippen molar-refractivity contribution in [2.24, 2.45) is 10.8 Å². The number of likely N-dealkylation sites (tertiary alicyclic amines) is 1. The number of hydrogen-bond acceptors (Lipinski definition) is 1. The van der Waals surface area contributed by atoms with Crippen LogP contribution in [0.4, 0.5) is 0 Å². The largest absolute Gasteiger partial charge is 0.375 e. The molecule has 0 amide bonds. The van der Waals surface area contributed by atoms with Crippen LogP contribution in [0.1, 0.15) is 61.3 Å². The van der Waals surface area contributed by atoms with Gasteiger partial charge in [-0.15, -0.1) is 0 Å². The van der Waals surface area contributed by atoms with Crippen molar-refractivity contribution >= 4 is 0 Å². The summed E-state index contributed by atoms with van der Waals surface area (Å²) >= 11 is 0. The Hall–Kier alpha value is -0.460. The lowest BCUT2D eigenvalue weighted by Crippen LogP contribution is -2.26. The third-order valence-electron chi connectivity index (χ3n) is 2.35. The van der Waals surface area contributed by atoms with Crippen LogP contribution in [-0.2, 0) is 0 Å². The van der Waals surface area contributed by atoms with Gasteiger partial charge in [0, 0.05) is 24.2 Å². The van der Waals surface area contributed by atoms with Crippen molar-refractivity contribution < 1.29 is 0 Å². The summed E-state index contributed by atoms with van der Waals surface area (Å²) in [6, 6.07) is 0. The van der Waals surface area contributed by atoms with Gasteiger partial charge in [-0.25, -0.2) is 0 Å². The van der Waals surface area contributed by atoms with Gasteiger partial charge in [-0.1, -0.05) is 55.0 Å². The Kier molecular flexibility index (Phi) is 5.58. The Morgan fingerprint density at radius 3 is 1.44 bits per heavy atom. The van der Waals surface area contributed by atoms with Gasteiger partial charge in [0.25, 0.3) is 0 Å². The fourth-order valence-corrected chi connectivity index (χ4v) is 1.46. The van der Waals surface area contributed by atoms with Crippen LogP contribution < -0.4 is 0 Å². The molecule has 0 atom stereocenters. The number of rotatable bonds is 1. The topological polar surface area (TPSA) is 3.24 Å². The van der Waals surface area contributed by atoms with E-state index in [4.69, 9.17) is 0 Å². The van der Waals surface area contributed by atoms with Crippen LogP contribution in [0.15, 0.2) is 12.3 Å². The van der Waals surface area contributed by atoms with E-state index >= 15 is 0 Å². The molecule has 0 aromatic carbocycles. The smallest absolute Gasteiger partial charge is 0.0175 e. The van der Waals surface area contributed by atoms with Crippen molar-refractivity contribution in [1.29, 1.82) is 0 Å². The van der Waals surface area contributed by atoms with Crippen molar-refractivity contribution in [3.05, 3.63) is 12.3 Å². The molecule has 0 aromatic heterocycles. The first-order chi connectivity index (χ1) is 7.02. The normalized spacial score (nSPS) is 16.8. The van der Waals surface area contributed by atoms with Gasteiger partial charge in [-0.2, -0.15) is 0 Å². The monoisotopic (exact) mass is 225 g/mol. The van der Waals surface area contributed by atoms with E-state index in [1.807, 2.05) is 0 Å². The lowest BCUT2D eigenvalue weighted by molar-refractivity contribution is 0.315. The molecule has 1 heteroatoms. The molecular weight excluding hydrogens is 194 g/mol. The molecule has 1 aliphatic heterocycles. The molecule has 16 heavy (non-hydrogen) atoms. The zero-order valence-electron chi connectivity index (χ0n) is 12.5. The van der Waals surface area contributed by atoms with Crippen molar-refractivity contribution in [3.63, 3.8) is 0 Å². The fraction of sp³-hybridized carbons (Fsp3) is 0.867. The molecule has 0 N–H and O–H groups in total. The Bertz CT molecular complexity index is 203. The van der Waals surface area contributed by atoms with Crippen LogP contribution in [0, 0.1) is 10.8 Å². The molecule has 1 aliphatic rings. The maximum absolute atomic E-state index is 4.13. The second-order valence-corrected chi connectivity index (χ2v) is 7.39. The van der Waals surface area contributed by atoms with Crippen molar-refractivity contribution in [2.75, 3.05) is 13.1 Å². The molecule has 0 radical (unpaired) electrons. The molecule has 1 fully saturated rings. The first-order valence-electron chi connectivity index (χ1n) is 6.46. The van der Waals surface area contributed by atoms with Gasteiger partial charge in [0.1, 0.15) is 0 Å². The highest BCUT2D eigenvalue weighted by atomic mass is 15.2. The first kappa shape index (κ1) is 15.5. The molecule has 0 aliphatic carbocycles. The van der Waals surface area contributed by atoms with Gasteiger partial charge in [0.05, 0.1) is 0 Å². The van der Waals surface area contributed by atoms with Crippen LogP contribution in [0.5, 0.6) is 0 Å². The van der Waals surface area contributed by atoms with Gasteiger partial charge in [0.2, 0.25) is 0 Å². The van der Waals surface area contributed by atoms with Crippen LogP contribution >= 0.6 is 0 Å². The Balaban J connectivity index is 0.000000385. The van der Waals surface area contributed by atoms with E-state index in [2.05, 4.69) is 59.9 Å². The third kappa shape index (κ3) is 7.78. The maximum atomic E-state index is 4.13. The van der Waals surface area contributed by atoms with Crippen molar-refractivity contribution in [1.82, 2.24) is 4.90 Å². The molecule has 96 valence electrons. The molecule has 0 aromatic rings. The molecule has 0 spiro atoms. The van der Waals surface area contributed by atoms with E-state index in [1.165, 1.54) is 31.6 Å². The van der Waals surface area contributed by atoms with Gasteiger partial charge < -0.3 is 4.90 Å². The third-order valence-corrected chi connectivity index (χ3v) is 2.35. The summed E-state index contributed by atoms with van der Waals surface area (Å²) in [7, 11) is 0. The van der Waals surface area contributed by atoms with Crippen LogP contribution in [0.2, 0.25) is 0 Å². The van der Waals surface area contributed by atoms with Crippen LogP contribution in [0.3, 0.4) is 0 Å².